The molecule has 0 radical (unpaired) electrons. The van der Waals surface area contributed by atoms with Gasteiger partial charge in [-0.25, -0.2) is 0 Å². The summed E-state index contributed by atoms with van der Waals surface area (Å²) >= 11 is 0. The first-order chi connectivity index (χ1) is 8.40. The van der Waals surface area contributed by atoms with Crippen molar-refractivity contribution in [2.75, 3.05) is 0 Å². The van der Waals surface area contributed by atoms with Crippen LogP contribution in [-0.4, -0.2) is 6.01 Å². The fraction of sp³-hybridized carbons (Fsp3) is 0. The molecule has 0 fully saturated rings. The van der Waals surface area contributed by atoms with E-state index in [1.54, 1.807) is 18.2 Å². The van der Waals surface area contributed by atoms with Gasteiger partial charge in [0.15, 0.2) is 0 Å². The molecule has 0 spiro atoms. The third-order valence-electron chi connectivity index (χ3n) is 2.13. The number of para-hydroxylation sites is 2. The summed E-state index contributed by atoms with van der Waals surface area (Å²) < 4.78 is 0. The largest absolute Gasteiger partial charge is 0.192 e. The van der Waals surface area contributed by atoms with E-state index < -0.39 is 0 Å². The highest BCUT2D eigenvalue weighted by molar-refractivity contribution is 5.62. The van der Waals surface area contributed by atoms with Crippen molar-refractivity contribution >= 4 is 17.4 Å². The number of hydrogen-bond acceptors (Lipinski definition) is 3. The Kier molecular flexibility index (Phi) is 3.44. The fourth-order valence-corrected chi connectivity index (χ4v) is 1.30. The molecule has 3 heteroatoms. The molecule has 2 aromatic carbocycles. The van der Waals surface area contributed by atoms with Crippen LogP contribution in [0.3, 0.4) is 0 Å². The van der Waals surface area contributed by atoms with Gasteiger partial charge in [0, 0.05) is 0 Å². The average molecular weight is 219 g/mol. The molecule has 0 aliphatic carbocycles. The second kappa shape index (κ2) is 5.41. The molecule has 0 saturated heterocycles. The lowest BCUT2D eigenvalue weighted by atomic mass is 10.2. The Labute approximate surface area is 99.4 Å². The molecule has 3 nitrogen and oxygen atoms in total. The van der Waals surface area contributed by atoms with Gasteiger partial charge < -0.3 is 0 Å². The highest BCUT2D eigenvalue weighted by Gasteiger charge is 1.95. The molecule has 0 heterocycles. The lowest BCUT2D eigenvalue weighted by Gasteiger charge is -1.92. The highest BCUT2D eigenvalue weighted by Crippen LogP contribution is 2.16. The SMILES string of the molecule is N#Cc1ccccc1N=C=Nc1ccccc1. The van der Waals surface area contributed by atoms with Crippen LogP contribution in [0.5, 0.6) is 0 Å². The molecular formula is C14H9N3. The fourth-order valence-electron chi connectivity index (χ4n) is 1.30. The number of hydrogen-bond donors (Lipinski definition) is 0. The lowest BCUT2D eigenvalue weighted by molar-refractivity contribution is 1.44. The maximum absolute atomic E-state index is 8.87. The van der Waals surface area contributed by atoms with Crippen molar-refractivity contribution in [1.29, 1.82) is 5.26 Å². The number of rotatable bonds is 2. The van der Waals surface area contributed by atoms with E-state index in [4.69, 9.17) is 5.26 Å². The van der Waals surface area contributed by atoms with Crippen molar-refractivity contribution in [3.63, 3.8) is 0 Å². The van der Waals surface area contributed by atoms with E-state index in [0.717, 1.165) is 5.69 Å². The Balaban J connectivity index is 2.27. The van der Waals surface area contributed by atoms with E-state index in [1.165, 1.54) is 0 Å². The van der Waals surface area contributed by atoms with Crippen LogP contribution in [0.25, 0.3) is 0 Å². The zero-order valence-corrected chi connectivity index (χ0v) is 9.04. The summed E-state index contributed by atoms with van der Waals surface area (Å²) in [6, 6.07) is 21.2. The van der Waals surface area contributed by atoms with Crippen LogP contribution >= 0.6 is 0 Å². The van der Waals surface area contributed by atoms with Gasteiger partial charge in [-0.2, -0.15) is 15.2 Å². The first-order valence-corrected chi connectivity index (χ1v) is 5.11. The predicted molar refractivity (Wildman–Crippen MR) is 66.8 cm³/mol. The maximum Gasteiger partial charge on any atom is 0.101 e. The summed E-state index contributed by atoms with van der Waals surface area (Å²) in [4.78, 5) is 8.08. The summed E-state index contributed by atoms with van der Waals surface area (Å²) in [5.41, 5.74) is 1.88. The Morgan fingerprint density at radius 3 is 2.29 bits per heavy atom. The van der Waals surface area contributed by atoms with Crippen LogP contribution in [-0.2, 0) is 0 Å². The highest BCUT2D eigenvalue weighted by atomic mass is 14.8. The minimum Gasteiger partial charge on any atom is -0.192 e. The van der Waals surface area contributed by atoms with Gasteiger partial charge >= 0.3 is 0 Å². The predicted octanol–water partition coefficient (Wildman–Crippen LogP) is 3.70. The number of benzene rings is 2. The summed E-state index contributed by atoms with van der Waals surface area (Å²) in [6.07, 6.45) is 0. The molecule has 0 aliphatic heterocycles. The van der Waals surface area contributed by atoms with E-state index in [1.807, 2.05) is 36.4 Å². The van der Waals surface area contributed by atoms with Crippen LogP contribution in [0.2, 0.25) is 0 Å². The summed E-state index contributed by atoms with van der Waals surface area (Å²) in [5.74, 6) is 0. The molecule has 80 valence electrons. The van der Waals surface area contributed by atoms with E-state index in [-0.39, 0.29) is 0 Å². The summed E-state index contributed by atoms with van der Waals surface area (Å²) in [6.45, 7) is 0. The first kappa shape index (κ1) is 10.8. The van der Waals surface area contributed by atoms with Gasteiger partial charge in [0.1, 0.15) is 12.1 Å². The molecule has 0 amide bonds. The van der Waals surface area contributed by atoms with Crippen molar-refractivity contribution in [2.45, 2.75) is 0 Å². The molecule has 0 aromatic heterocycles. The zero-order chi connectivity index (χ0) is 11.9. The van der Waals surface area contributed by atoms with Crippen molar-refractivity contribution in [1.82, 2.24) is 0 Å². The molecule has 0 atom stereocenters. The van der Waals surface area contributed by atoms with Crippen molar-refractivity contribution in [3.8, 4) is 6.07 Å². The molecule has 0 N–H and O–H groups in total. The van der Waals surface area contributed by atoms with Gasteiger partial charge in [-0.1, -0.05) is 30.3 Å². The Morgan fingerprint density at radius 1 is 0.824 bits per heavy atom. The summed E-state index contributed by atoms with van der Waals surface area (Å²) in [7, 11) is 0. The molecule has 2 rings (SSSR count). The standard InChI is InChI=1S/C14H9N3/c15-10-12-6-4-5-9-14(12)17-11-16-13-7-2-1-3-8-13/h1-9H. The normalized spacial score (nSPS) is 8.88. The van der Waals surface area contributed by atoms with Gasteiger partial charge in [0.2, 0.25) is 0 Å². The average Bonchev–Trinajstić information content (AvgIpc) is 2.40. The second-order valence-corrected chi connectivity index (χ2v) is 3.29. The first-order valence-electron chi connectivity index (χ1n) is 5.11. The molecule has 0 saturated carbocycles. The van der Waals surface area contributed by atoms with Crippen LogP contribution in [0.15, 0.2) is 64.6 Å². The van der Waals surface area contributed by atoms with E-state index >= 15 is 0 Å². The van der Waals surface area contributed by atoms with E-state index in [0.29, 0.717) is 11.3 Å². The summed E-state index contributed by atoms with van der Waals surface area (Å²) in [5, 5.41) is 8.87. The smallest absolute Gasteiger partial charge is 0.101 e. The number of nitriles is 1. The Bertz CT molecular complexity index is 603. The van der Waals surface area contributed by atoms with Crippen molar-refractivity contribution < 1.29 is 0 Å². The Hall–Kier alpha value is -2.69. The lowest BCUT2D eigenvalue weighted by Crippen LogP contribution is -1.73. The quantitative estimate of drug-likeness (QED) is 0.710. The molecule has 17 heavy (non-hydrogen) atoms. The third-order valence-corrected chi connectivity index (χ3v) is 2.13. The van der Waals surface area contributed by atoms with Gasteiger partial charge in [0.05, 0.1) is 16.9 Å². The topological polar surface area (TPSA) is 48.5 Å². The van der Waals surface area contributed by atoms with Gasteiger partial charge in [0.25, 0.3) is 0 Å². The third kappa shape index (κ3) is 2.88. The van der Waals surface area contributed by atoms with Crippen LogP contribution in [0.4, 0.5) is 11.4 Å². The second-order valence-electron chi connectivity index (χ2n) is 3.29. The molecule has 2 aromatic rings. The maximum atomic E-state index is 8.87. The molecule has 0 aliphatic rings. The minimum absolute atomic E-state index is 0.517. The van der Waals surface area contributed by atoms with Gasteiger partial charge in [-0.05, 0) is 24.3 Å². The molecule has 0 unspecified atom stereocenters. The van der Waals surface area contributed by atoms with Crippen LogP contribution < -0.4 is 0 Å². The van der Waals surface area contributed by atoms with E-state index in [9.17, 15) is 0 Å². The zero-order valence-electron chi connectivity index (χ0n) is 9.04. The van der Waals surface area contributed by atoms with Crippen LogP contribution in [0, 0.1) is 11.3 Å². The van der Waals surface area contributed by atoms with Crippen molar-refractivity contribution in [2.24, 2.45) is 9.98 Å². The van der Waals surface area contributed by atoms with Gasteiger partial charge in [-0.3, -0.25) is 0 Å². The number of nitrogens with zero attached hydrogens (tertiary/aromatic N) is 3. The molecular weight excluding hydrogens is 210 g/mol. The van der Waals surface area contributed by atoms with Crippen molar-refractivity contribution in [3.05, 3.63) is 60.2 Å². The van der Waals surface area contributed by atoms with Crippen LogP contribution in [0.1, 0.15) is 5.56 Å². The van der Waals surface area contributed by atoms with E-state index in [2.05, 4.69) is 22.1 Å². The van der Waals surface area contributed by atoms with Gasteiger partial charge in [-0.15, -0.1) is 0 Å². The molecule has 0 bridgehead atoms. The number of aliphatic imine (C=N–C) groups is 2. The minimum atomic E-state index is 0.517. The monoisotopic (exact) mass is 219 g/mol. The Morgan fingerprint density at radius 2 is 1.53 bits per heavy atom.